The van der Waals surface area contributed by atoms with Crippen molar-refractivity contribution < 1.29 is 14.7 Å². The van der Waals surface area contributed by atoms with Crippen LogP contribution < -0.4 is 5.73 Å². The molecule has 0 aliphatic heterocycles. The van der Waals surface area contributed by atoms with E-state index in [2.05, 4.69) is 20.8 Å². The van der Waals surface area contributed by atoms with E-state index in [1.807, 2.05) is 0 Å². The fraction of sp³-hybridized carbons (Fsp3) is 1.00. The van der Waals surface area contributed by atoms with Gasteiger partial charge in [-0.05, 0) is 13.0 Å². The number of nitrogens with two attached hydrogens (primary N) is 1. The van der Waals surface area contributed by atoms with Crippen molar-refractivity contribution in [1.82, 2.24) is 0 Å². The van der Waals surface area contributed by atoms with Gasteiger partial charge < -0.3 is 5.73 Å². The van der Waals surface area contributed by atoms with E-state index in [0.29, 0.717) is 0 Å². The zero-order valence-corrected chi connectivity index (χ0v) is 29.6. The van der Waals surface area contributed by atoms with E-state index >= 15 is 0 Å². The molecule has 0 saturated heterocycles. The van der Waals surface area contributed by atoms with Crippen LogP contribution in [0, 0.1) is 0 Å². The van der Waals surface area contributed by atoms with Crippen LogP contribution in [0.15, 0.2) is 0 Å². The number of hydrogen-bond acceptors (Lipinski definition) is 4. The first-order chi connectivity index (χ1) is 19.8. The number of hydrogen-bond donors (Lipinski definition) is 4. The molecule has 0 radical (unpaired) electrons. The van der Waals surface area contributed by atoms with Crippen molar-refractivity contribution in [2.45, 2.75) is 213 Å². The molecule has 5 heteroatoms. The first kappa shape index (κ1) is 43.4. The first-order valence-corrected chi connectivity index (χ1v) is 21.2. The van der Waals surface area contributed by atoms with Crippen LogP contribution in [-0.2, 0) is 0 Å². The molecule has 0 atom stereocenters. The predicted octanol–water partition coefficient (Wildman–Crippen LogP) is 12.0. The molecule has 0 saturated carbocycles. The summed E-state index contributed by atoms with van der Waals surface area (Å²) in [6, 6.07) is 0. The van der Waals surface area contributed by atoms with Crippen LogP contribution in [0.4, 0.5) is 0 Å². The van der Waals surface area contributed by atoms with Crippen LogP contribution >= 0.6 is 7.28 Å². The fourth-order valence-corrected chi connectivity index (χ4v) is 7.56. The molecule has 41 heavy (non-hydrogen) atoms. The summed E-state index contributed by atoms with van der Waals surface area (Å²) in [5, 5.41) is 0. The maximum absolute atomic E-state index is 10.3. The minimum absolute atomic E-state index is 0.208. The molecule has 0 amide bonds. The van der Waals surface area contributed by atoms with Gasteiger partial charge in [-0.3, -0.25) is 0 Å². The van der Waals surface area contributed by atoms with Gasteiger partial charge in [0.15, 0.2) is 0 Å². The molecule has 5 N–H and O–H groups in total. The third-order valence-corrected chi connectivity index (χ3v) is 11.0. The minimum atomic E-state index is -4.36. The van der Waals surface area contributed by atoms with Crippen molar-refractivity contribution in [1.29, 1.82) is 0 Å². The second kappa shape index (κ2) is 33.2. The van der Waals surface area contributed by atoms with Crippen molar-refractivity contribution in [3.63, 3.8) is 0 Å². The van der Waals surface area contributed by atoms with E-state index in [1.54, 1.807) is 0 Å². The quantitative estimate of drug-likeness (QED) is 0.0454. The number of unbranched alkanes of at least 4 members (excludes halogenated alkanes) is 27. The van der Waals surface area contributed by atoms with E-state index in [1.165, 1.54) is 154 Å². The molecule has 0 bridgehead atoms. The topological polar surface area (TPSA) is 86.7 Å². The average Bonchev–Trinajstić information content (AvgIpc) is 2.94. The Morgan fingerprint density at radius 1 is 0.317 bits per heavy atom. The van der Waals surface area contributed by atoms with Gasteiger partial charge in [0.2, 0.25) is 0 Å². The Labute approximate surface area is 259 Å². The Bertz CT molecular complexity index is 443. The summed E-state index contributed by atoms with van der Waals surface area (Å²) in [7, 11) is -4.36. The summed E-state index contributed by atoms with van der Waals surface area (Å²) >= 11 is 0. The molecule has 0 heterocycles. The van der Waals surface area contributed by atoms with Gasteiger partial charge in [0.25, 0.3) is 0 Å². The summed E-state index contributed by atoms with van der Waals surface area (Å²) in [5.74, 6) is 0. The normalized spacial score (nSPS) is 12.6. The molecule has 0 aromatic rings. The van der Waals surface area contributed by atoms with Gasteiger partial charge in [-0.15, -0.1) is 0 Å². The summed E-state index contributed by atoms with van der Waals surface area (Å²) < 4.78 is 0. The van der Waals surface area contributed by atoms with Crippen LogP contribution in [0.25, 0.3) is 0 Å². The fourth-order valence-electron chi connectivity index (χ4n) is 5.59. The number of rotatable bonds is 32. The molecule has 0 spiro atoms. The Balaban J connectivity index is 0. The summed E-state index contributed by atoms with van der Waals surface area (Å²) in [6.07, 6.45) is 38.6. The van der Waals surface area contributed by atoms with E-state index in [-0.39, 0.29) is 12.3 Å². The van der Waals surface area contributed by atoms with E-state index in [9.17, 15) is 14.7 Å². The van der Waals surface area contributed by atoms with Gasteiger partial charge in [0, 0.05) is 0 Å². The molecule has 0 aromatic carbocycles. The Hall–Kier alpha value is 0.270. The molecule has 252 valence electrons. The van der Waals surface area contributed by atoms with Crippen molar-refractivity contribution in [2.75, 3.05) is 18.9 Å². The van der Waals surface area contributed by atoms with E-state index in [0.717, 1.165) is 45.1 Å². The summed E-state index contributed by atoms with van der Waals surface area (Å²) in [5.41, 5.74) is 5.42. The molecule has 0 rings (SSSR count). The van der Waals surface area contributed by atoms with Gasteiger partial charge in [0.1, 0.15) is 0 Å². The van der Waals surface area contributed by atoms with E-state index < -0.39 is 7.28 Å². The second-order valence-electron chi connectivity index (χ2n) is 13.1. The third kappa shape index (κ3) is 40.3. The Morgan fingerprint density at radius 2 is 0.512 bits per heavy atom. The molecule has 4 nitrogen and oxygen atoms in total. The standard InChI is InChI=1S/C24H53O3P.C12H27N/c1-3-5-7-9-11-13-15-17-19-21-23-28(25,26,27)24-22-20-18-16-14-12-10-8-6-4-2;1-2-3-4-5-6-7-8-9-10-11-12-13/h25-27H,3-24H2,1-2H3;2-13H2,1H3. The molecule has 0 aliphatic rings. The van der Waals surface area contributed by atoms with Crippen molar-refractivity contribution in [2.24, 2.45) is 5.73 Å². The van der Waals surface area contributed by atoms with Crippen molar-refractivity contribution in [3.05, 3.63) is 0 Å². The Morgan fingerprint density at radius 3 is 0.732 bits per heavy atom. The van der Waals surface area contributed by atoms with Gasteiger partial charge in [-0.1, -0.05) is 64.7 Å². The molecule has 0 aromatic heterocycles. The summed E-state index contributed by atoms with van der Waals surface area (Å²) in [4.78, 5) is 30.8. The Kier molecular flexibility index (Phi) is 35.1. The maximum atomic E-state index is 10.3. The van der Waals surface area contributed by atoms with Gasteiger partial charge in [-0.25, -0.2) is 0 Å². The predicted molar refractivity (Wildman–Crippen MR) is 188 cm³/mol. The average molecular weight is 606 g/mol. The second-order valence-corrected chi connectivity index (χ2v) is 16.7. The third-order valence-electron chi connectivity index (χ3n) is 8.50. The van der Waals surface area contributed by atoms with Crippen molar-refractivity contribution >= 4 is 7.28 Å². The van der Waals surface area contributed by atoms with Crippen LogP contribution in [0.2, 0.25) is 0 Å². The molecule has 0 fully saturated rings. The van der Waals surface area contributed by atoms with Gasteiger partial charge in [0.05, 0.1) is 0 Å². The zero-order chi connectivity index (χ0) is 30.8. The van der Waals surface area contributed by atoms with Gasteiger partial charge >= 0.3 is 177 Å². The molecular formula is C36H80NO3P. The van der Waals surface area contributed by atoms with Crippen LogP contribution in [0.3, 0.4) is 0 Å². The first-order valence-electron chi connectivity index (χ1n) is 18.8. The van der Waals surface area contributed by atoms with Gasteiger partial charge in [-0.2, -0.15) is 0 Å². The van der Waals surface area contributed by atoms with Crippen LogP contribution in [-0.4, -0.2) is 33.5 Å². The molecule has 0 unspecified atom stereocenters. The van der Waals surface area contributed by atoms with E-state index in [4.69, 9.17) is 5.73 Å². The van der Waals surface area contributed by atoms with Crippen LogP contribution in [0.1, 0.15) is 213 Å². The monoisotopic (exact) mass is 606 g/mol. The SMILES string of the molecule is CCCCCCCCCCCCN.CCCCCCCCCCCCP(O)(O)(O)CCCCCCCCCCCC. The molecular weight excluding hydrogens is 525 g/mol. The van der Waals surface area contributed by atoms with Crippen LogP contribution in [0.5, 0.6) is 0 Å². The summed E-state index contributed by atoms with van der Waals surface area (Å²) in [6.45, 7) is 7.63. The molecule has 0 aliphatic carbocycles. The van der Waals surface area contributed by atoms with Crippen molar-refractivity contribution in [3.8, 4) is 0 Å². The zero-order valence-electron chi connectivity index (χ0n) is 28.7.